The van der Waals surface area contributed by atoms with Crippen molar-refractivity contribution >= 4 is 0 Å². The minimum atomic E-state index is -0.567. The molecule has 2 rings (SSSR count). The molecule has 76 valence electrons. The molecule has 13 heavy (non-hydrogen) atoms. The molecule has 0 bridgehead atoms. The molecule has 0 aromatic heterocycles. The SMILES string of the molecule is CO[C@H]1O[C@@H]2[C@@H](OC[C@H]2O)[C@@H]1OC. The van der Waals surface area contributed by atoms with Crippen molar-refractivity contribution in [3.05, 3.63) is 0 Å². The fourth-order valence-electron chi connectivity index (χ4n) is 1.89. The molecule has 0 amide bonds. The van der Waals surface area contributed by atoms with Crippen LogP contribution in [-0.4, -0.2) is 56.6 Å². The third kappa shape index (κ3) is 1.37. The highest BCUT2D eigenvalue weighted by molar-refractivity contribution is 4.96. The lowest BCUT2D eigenvalue weighted by atomic mass is 10.1. The molecule has 0 aromatic carbocycles. The summed E-state index contributed by atoms with van der Waals surface area (Å²) in [6.45, 7) is 0.311. The Balaban J connectivity index is 2.09. The average molecular weight is 190 g/mol. The van der Waals surface area contributed by atoms with Gasteiger partial charge in [0.25, 0.3) is 0 Å². The van der Waals surface area contributed by atoms with Gasteiger partial charge in [0.15, 0.2) is 6.29 Å². The molecule has 2 saturated heterocycles. The number of hydrogen-bond acceptors (Lipinski definition) is 5. The van der Waals surface area contributed by atoms with Crippen molar-refractivity contribution in [3.63, 3.8) is 0 Å². The van der Waals surface area contributed by atoms with Gasteiger partial charge in [-0.25, -0.2) is 0 Å². The van der Waals surface area contributed by atoms with Crippen LogP contribution in [0.3, 0.4) is 0 Å². The lowest BCUT2D eigenvalue weighted by molar-refractivity contribution is -0.173. The van der Waals surface area contributed by atoms with Gasteiger partial charge in [0.1, 0.15) is 24.4 Å². The van der Waals surface area contributed by atoms with Gasteiger partial charge in [-0.2, -0.15) is 0 Å². The Bertz CT molecular complexity index is 185. The Morgan fingerprint density at radius 3 is 2.62 bits per heavy atom. The standard InChI is InChI=1S/C8H14O5/c1-10-7-6-5(4(9)3-12-6)13-8(7)11-2/h4-9H,3H2,1-2H3/t4-,5+,6-,7+,8+/m1/s1. The maximum absolute atomic E-state index is 9.46. The fraction of sp³-hybridized carbons (Fsp3) is 1.00. The van der Waals surface area contributed by atoms with Gasteiger partial charge in [-0.3, -0.25) is 0 Å². The number of methoxy groups -OCH3 is 2. The van der Waals surface area contributed by atoms with Crippen LogP contribution >= 0.6 is 0 Å². The van der Waals surface area contributed by atoms with Crippen molar-refractivity contribution < 1.29 is 24.1 Å². The zero-order chi connectivity index (χ0) is 9.42. The first-order valence-electron chi connectivity index (χ1n) is 4.28. The summed E-state index contributed by atoms with van der Waals surface area (Å²) in [6.07, 6.45) is -1.76. The average Bonchev–Trinajstić information content (AvgIpc) is 2.65. The van der Waals surface area contributed by atoms with E-state index in [2.05, 4.69) is 0 Å². The smallest absolute Gasteiger partial charge is 0.186 e. The second-order valence-electron chi connectivity index (χ2n) is 3.27. The number of fused-ring (bicyclic) bond motifs is 1. The highest BCUT2D eigenvalue weighted by Crippen LogP contribution is 2.32. The molecule has 0 aromatic rings. The lowest BCUT2D eigenvalue weighted by Gasteiger charge is -2.18. The van der Waals surface area contributed by atoms with Gasteiger partial charge >= 0.3 is 0 Å². The van der Waals surface area contributed by atoms with E-state index in [1.54, 1.807) is 14.2 Å². The highest BCUT2D eigenvalue weighted by atomic mass is 16.7. The molecule has 2 heterocycles. The van der Waals surface area contributed by atoms with Crippen LogP contribution in [-0.2, 0) is 18.9 Å². The summed E-state index contributed by atoms with van der Waals surface area (Å²) in [5.74, 6) is 0. The Morgan fingerprint density at radius 2 is 2.00 bits per heavy atom. The van der Waals surface area contributed by atoms with Crippen LogP contribution in [0.1, 0.15) is 0 Å². The largest absolute Gasteiger partial charge is 0.388 e. The van der Waals surface area contributed by atoms with Gasteiger partial charge in [0.2, 0.25) is 0 Å². The minimum absolute atomic E-state index is 0.204. The molecular formula is C8H14O5. The summed E-state index contributed by atoms with van der Waals surface area (Å²) in [7, 11) is 3.13. The van der Waals surface area contributed by atoms with E-state index in [4.69, 9.17) is 18.9 Å². The molecule has 0 spiro atoms. The van der Waals surface area contributed by atoms with Crippen molar-refractivity contribution in [1.29, 1.82) is 0 Å². The third-order valence-electron chi connectivity index (χ3n) is 2.55. The van der Waals surface area contributed by atoms with Crippen LogP contribution in [0.5, 0.6) is 0 Å². The van der Waals surface area contributed by atoms with Gasteiger partial charge in [-0.15, -0.1) is 0 Å². The molecule has 0 aliphatic carbocycles. The Labute approximate surface area is 76.5 Å². The van der Waals surface area contributed by atoms with Crippen molar-refractivity contribution in [2.24, 2.45) is 0 Å². The van der Waals surface area contributed by atoms with Gasteiger partial charge in [0.05, 0.1) is 6.61 Å². The van der Waals surface area contributed by atoms with E-state index < -0.39 is 12.4 Å². The van der Waals surface area contributed by atoms with Crippen molar-refractivity contribution in [2.45, 2.75) is 30.7 Å². The maximum atomic E-state index is 9.46. The summed E-state index contributed by atoms with van der Waals surface area (Å²) in [6, 6.07) is 0. The topological polar surface area (TPSA) is 57.2 Å². The first-order valence-corrected chi connectivity index (χ1v) is 4.28. The van der Waals surface area contributed by atoms with Gasteiger partial charge in [-0.05, 0) is 0 Å². The zero-order valence-corrected chi connectivity index (χ0v) is 7.67. The number of rotatable bonds is 2. The number of aliphatic hydroxyl groups excluding tert-OH is 1. The van der Waals surface area contributed by atoms with Gasteiger partial charge < -0.3 is 24.1 Å². The Kier molecular flexibility index (Phi) is 2.53. The molecule has 2 aliphatic heterocycles. The number of aliphatic hydroxyl groups is 1. The molecule has 1 N–H and O–H groups in total. The third-order valence-corrected chi connectivity index (χ3v) is 2.55. The summed E-state index contributed by atoms with van der Waals surface area (Å²) < 4.78 is 21.0. The second-order valence-corrected chi connectivity index (χ2v) is 3.27. The van der Waals surface area contributed by atoms with Crippen LogP contribution < -0.4 is 0 Å². The molecular weight excluding hydrogens is 176 g/mol. The molecule has 5 heteroatoms. The van der Waals surface area contributed by atoms with Crippen LogP contribution in [0, 0.1) is 0 Å². The van der Waals surface area contributed by atoms with E-state index >= 15 is 0 Å². The van der Waals surface area contributed by atoms with E-state index in [-0.39, 0.29) is 18.3 Å². The summed E-state index contributed by atoms with van der Waals surface area (Å²) >= 11 is 0. The van der Waals surface area contributed by atoms with Crippen molar-refractivity contribution in [1.82, 2.24) is 0 Å². The number of hydrogen-bond donors (Lipinski definition) is 1. The Hall–Kier alpha value is -0.200. The lowest BCUT2D eigenvalue weighted by Crippen LogP contribution is -2.34. The minimum Gasteiger partial charge on any atom is -0.388 e. The first-order chi connectivity index (χ1) is 6.27. The second kappa shape index (κ2) is 3.51. The van der Waals surface area contributed by atoms with E-state index in [0.29, 0.717) is 6.61 Å². The van der Waals surface area contributed by atoms with Crippen LogP contribution in [0.15, 0.2) is 0 Å². The van der Waals surface area contributed by atoms with E-state index in [0.717, 1.165) is 0 Å². The monoisotopic (exact) mass is 190 g/mol. The maximum Gasteiger partial charge on any atom is 0.186 e. The van der Waals surface area contributed by atoms with Gasteiger partial charge in [-0.1, -0.05) is 0 Å². The molecule has 0 radical (unpaired) electrons. The first kappa shape index (κ1) is 9.36. The predicted molar refractivity (Wildman–Crippen MR) is 42.2 cm³/mol. The predicted octanol–water partition coefficient (Wildman–Crippen LogP) is -0.868. The molecule has 2 aliphatic rings. The van der Waals surface area contributed by atoms with Crippen LogP contribution in [0.2, 0.25) is 0 Å². The summed E-state index contributed by atoms with van der Waals surface area (Å²) in [4.78, 5) is 0. The summed E-state index contributed by atoms with van der Waals surface area (Å²) in [5.41, 5.74) is 0. The normalized spacial score (nSPS) is 49.6. The van der Waals surface area contributed by atoms with Crippen molar-refractivity contribution in [2.75, 3.05) is 20.8 Å². The highest BCUT2D eigenvalue weighted by Gasteiger charge is 2.52. The van der Waals surface area contributed by atoms with E-state index in [1.165, 1.54) is 0 Å². The molecule has 5 atom stereocenters. The molecule has 0 unspecified atom stereocenters. The molecule has 0 saturated carbocycles. The molecule has 2 fully saturated rings. The van der Waals surface area contributed by atoms with Crippen molar-refractivity contribution in [3.8, 4) is 0 Å². The van der Waals surface area contributed by atoms with E-state index in [9.17, 15) is 5.11 Å². The molecule has 5 nitrogen and oxygen atoms in total. The zero-order valence-electron chi connectivity index (χ0n) is 7.67. The Morgan fingerprint density at radius 1 is 1.23 bits per heavy atom. The van der Waals surface area contributed by atoms with Crippen LogP contribution in [0.25, 0.3) is 0 Å². The summed E-state index contributed by atoms with van der Waals surface area (Å²) in [5, 5.41) is 9.46. The van der Waals surface area contributed by atoms with Gasteiger partial charge in [0, 0.05) is 14.2 Å². The number of ether oxygens (including phenoxy) is 4. The van der Waals surface area contributed by atoms with Crippen LogP contribution in [0.4, 0.5) is 0 Å². The quantitative estimate of drug-likeness (QED) is 0.613. The van der Waals surface area contributed by atoms with E-state index in [1.807, 2.05) is 0 Å². The fourth-order valence-corrected chi connectivity index (χ4v) is 1.89.